The largest absolute Gasteiger partial charge is 0.492 e. The Kier molecular flexibility index (Phi) is 9.52. The minimum absolute atomic E-state index is 0.0594. The fraction of sp³-hybridized carbons (Fsp3) is 0.348. The van der Waals surface area contributed by atoms with Gasteiger partial charge in [0.05, 0.1) is 12.2 Å². The minimum atomic E-state index is -0.492. The van der Waals surface area contributed by atoms with Crippen molar-refractivity contribution in [3.8, 4) is 5.75 Å². The van der Waals surface area contributed by atoms with E-state index in [0.717, 1.165) is 17.3 Å². The lowest BCUT2D eigenvalue weighted by atomic mass is 10.2. The topological polar surface area (TPSA) is 96.5 Å². The Morgan fingerprint density at radius 3 is 2.32 bits per heavy atom. The van der Waals surface area contributed by atoms with Crippen LogP contribution in [0.2, 0.25) is 0 Å². The number of hydrazine groups is 1. The molecule has 31 heavy (non-hydrogen) atoms. The van der Waals surface area contributed by atoms with E-state index in [1.54, 1.807) is 42.5 Å². The van der Waals surface area contributed by atoms with Gasteiger partial charge in [0.2, 0.25) is 5.91 Å². The molecule has 0 fully saturated rings. The number of hydrogen-bond acceptors (Lipinski definition) is 4. The van der Waals surface area contributed by atoms with Crippen LogP contribution >= 0.6 is 15.9 Å². The molecule has 2 aromatic carbocycles. The molecular formula is C23H28BrN3O4. The van der Waals surface area contributed by atoms with Crippen molar-refractivity contribution in [1.29, 1.82) is 0 Å². The predicted octanol–water partition coefficient (Wildman–Crippen LogP) is 4.69. The summed E-state index contributed by atoms with van der Waals surface area (Å²) in [7, 11) is 0. The highest BCUT2D eigenvalue weighted by Crippen LogP contribution is 2.23. The van der Waals surface area contributed by atoms with Crippen LogP contribution in [0.3, 0.4) is 0 Å². The van der Waals surface area contributed by atoms with Gasteiger partial charge >= 0.3 is 0 Å². The van der Waals surface area contributed by atoms with Gasteiger partial charge in [-0.25, -0.2) is 0 Å². The molecule has 8 heteroatoms. The molecule has 0 saturated heterocycles. The summed E-state index contributed by atoms with van der Waals surface area (Å²) < 4.78 is 6.43. The second-order valence-corrected chi connectivity index (χ2v) is 8.40. The van der Waals surface area contributed by atoms with Crippen LogP contribution in [-0.4, -0.2) is 24.3 Å². The van der Waals surface area contributed by atoms with Crippen molar-refractivity contribution in [3.63, 3.8) is 0 Å². The minimum Gasteiger partial charge on any atom is -0.492 e. The number of anilines is 1. The van der Waals surface area contributed by atoms with E-state index in [4.69, 9.17) is 4.74 Å². The third kappa shape index (κ3) is 8.05. The van der Waals surface area contributed by atoms with Gasteiger partial charge in [0, 0.05) is 22.1 Å². The van der Waals surface area contributed by atoms with Gasteiger partial charge in [0.1, 0.15) is 5.75 Å². The van der Waals surface area contributed by atoms with Crippen molar-refractivity contribution in [2.45, 2.75) is 40.0 Å². The number of ether oxygens (including phenoxy) is 1. The van der Waals surface area contributed by atoms with Crippen LogP contribution < -0.4 is 20.9 Å². The highest BCUT2D eigenvalue weighted by molar-refractivity contribution is 9.10. The first-order chi connectivity index (χ1) is 14.8. The smallest absolute Gasteiger partial charge is 0.273 e. The summed E-state index contributed by atoms with van der Waals surface area (Å²) in [6, 6.07) is 11.6. The Morgan fingerprint density at radius 2 is 1.68 bits per heavy atom. The monoisotopic (exact) mass is 489 g/mol. The van der Waals surface area contributed by atoms with Crippen molar-refractivity contribution < 1.29 is 19.1 Å². The molecule has 0 saturated carbocycles. The van der Waals surface area contributed by atoms with E-state index in [-0.39, 0.29) is 5.91 Å². The zero-order valence-corrected chi connectivity index (χ0v) is 19.5. The van der Waals surface area contributed by atoms with Crippen molar-refractivity contribution in [2.24, 2.45) is 5.92 Å². The molecule has 2 rings (SSSR count). The molecule has 0 bridgehead atoms. The molecule has 0 aliphatic carbocycles. The van der Waals surface area contributed by atoms with Crippen LogP contribution in [0.4, 0.5) is 5.69 Å². The van der Waals surface area contributed by atoms with E-state index in [1.165, 1.54) is 0 Å². The van der Waals surface area contributed by atoms with Crippen LogP contribution in [0.15, 0.2) is 46.9 Å². The zero-order chi connectivity index (χ0) is 22.8. The van der Waals surface area contributed by atoms with E-state index >= 15 is 0 Å². The third-order valence-electron chi connectivity index (χ3n) is 4.24. The number of benzene rings is 2. The summed E-state index contributed by atoms with van der Waals surface area (Å²) in [5.74, 6) is -0.286. The molecule has 166 valence electrons. The van der Waals surface area contributed by atoms with Crippen molar-refractivity contribution in [2.75, 3.05) is 11.9 Å². The van der Waals surface area contributed by atoms with Crippen molar-refractivity contribution >= 4 is 39.3 Å². The fourth-order valence-corrected chi connectivity index (χ4v) is 2.94. The molecule has 2 aromatic rings. The maximum atomic E-state index is 12.6. The van der Waals surface area contributed by atoms with Gasteiger partial charge in [0.15, 0.2) is 0 Å². The van der Waals surface area contributed by atoms with Crippen molar-refractivity contribution in [1.82, 2.24) is 10.9 Å². The standard InChI is InChI=1S/C23H28BrN3O4/c1-4-5-6-21(28)25-18-10-7-16(8-11-18)22(29)26-27-23(30)19-13-17(24)9-12-20(19)31-14-15(2)3/h7-13,15H,4-6,14H2,1-3H3,(H,25,28)(H,26,29)(H,27,30). The Hall–Kier alpha value is -2.87. The van der Waals surface area contributed by atoms with Gasteiger partial charge in [-0.3, -0.25) is 25.2 Å². The van der Waals surface area contributed by atoms with Gasteiger partial charge in [-0.2, -0.15) is 0 Å². The number of amides is 3. The number of unbranched alkanes of at least 4 members (excludes halogenated alkanes) is 1. The zero-order valence-electron chi connectivity index (χ0n) is 18.0. The molecule has 0 aromatic heterocycles. The van der Waals surface area contributed by atoms with Crippen molar-refractivity contribution in [3.05, 3.63) is 58.1 Å². The molecule has 0 aliphatic rings. The van der Waals surface area contributed by atoms with Gasteiger partial charge in [0.25, 0.3) is 11.8 Å². The Labute approximate surface area is 191 Å². The molecule has 3 N–H and O–H groups in total. The maximum absolute atomic E-state index is 12.6. The highest BCUT2D eigenvalue weighted by atomic mass is 79.9. The molecule has 0 heterocycles. The lowest BCUT2D eigenvalue weighted by molar-refractivity contribution is -0.116. The van der Waals surface area contributed by atoms with E-state index < -0.39 is 11.8 Å². The fourth-order valence-electron chi connectivity index (χ4n) is 2.58. The number of nitrogens with one attached hydrogen (secondary N) is 3. The highest BCUT2D eigenvalue weighted by Gasteiger charge is 2.15. The van der Waals surface area contributed by atoms with Gasteiger partial charge in [-0.15, -0.1) is 0 Å². The van der Waals surface area contributed by atoms with Crippen LogP contribution in [0, 0.1) is 5.92 Å². The molecule has 7 nitrogen and oxygen atoms in total. The van der Waals surface area contributed by atoms with Gasteiger partial charge in [-0.05, 0) is 54.8 Å². The Morgan fingerprint density at radius 1 is 1.00 bits per heavy atom. The summed E-state index contributed by atoms with van der Waals surface area (Å²) in [6.07, 6.45) is 2.24. The third-order valence-corrected chi connectivity index (χ3v) is 4.73. The lowest BCUT2D eigenvalue weighted by Crippen LogP contribution is -2.41. The number of halogens is 1. The first-order valence-corrected chi connectivity index (χ1v) is 11.0. The predicted molar refractivity (Wildman–Crippen MR) is 124 cm³/mol. The average Bonchev–Trinajstić information content (AvgIpc) is 2.75. The molecule has 3 amide bonds. The number of hydrogen-bond donors (Lipinski definition) is 3. The number of rotatable bonds is 9. The molecule has 0 radical (unpaired) electrons. The molecular weight excluding hydrogens is 462 g/mol. The first-order valence-electron chi connectivity index (χ1n) is 10.2. The molecule has 0 unspecified atom stereocenters. The molecule has 0 atom stereocenters. The summed E-state index contributed by atoms with van der Waals surface area (Å²) in [6.45, 7) is 6.52. The first kappa shape index (κ1) is 24.4. The normalized spacial score (nSPS) is 10.5. The quantitative estimate of drug-likeness (QED) is 0.445. The second kappa shape index (κ2) is 12.1. The van der Waals surface area contributed by atoms with E-state index in [1.807, 2.05) is 20.8 Å². The molecule has 0 spiro atoms. The second-order valence-electron chi connectivity index (χ2n) is 7.48. The van der Waals surface area contributed by atoms with E-state index in [9.17, 15) is 14.4 Å². The van der Waals surface area contributed by atoms with Gasteiger partial charge < -0.3 is 10.1 Å². The summed E-state index contributed by atoms with van der Waals surface area (Å²) >= 11 is 3.35. The number of carbonyl (C=O) groups excluding carboxylic acids is 3. The summed E-state index contributed by atoms with van der Waals surface area (Å²) in [4.78, 5) is 36.7. The van der Waals surface area contributed by atoms with Crippen LogP contribution in [0.5, 0.6) is 5.75 Å². The number of carbonyl (C=O) groups is 3. The maximum Gasteiger partial charge on any atom is 0.273 e. The molecule has 0 aliphatic heterocycles. The Balaban J connectivity index is 1.95. The van der Waals surface area contributed by atoms with E-state index in [0.29, 0.717) is 41.5 Å². The Bertz CT molecular complexity index is 914. The average molecular weight is 490 g/mol. The van der Waals surface area contributed by atoms with E-state index in [2.05, 4.69) is 32.1 Å². The van der Waals surface area contributed by atoms with Crippen LogP contribution in [0.25, 0.3) is 0 Å². The lowest BCUT2D eigenvalue weighted by Gasteiger charge is -2.14. The van der Waals surface area contributed by atoms with Gasteiger partial charge in [-0.1, -0.05) is 43.1 Å². The SMILES string of the molecule is CCCCC(=O)Nc1ccc(C(=O)NNC(=O)c2cc(Br)ccc2OCC(C)C)cc1. The summed E-state index contributed by atoms with van der Waals surface area (Å²) in [5.41, 5.74) is 6.08. The van der Waals surface area contributed by atoms with Crippen LogP contribution in [-0.2, 0) is 4.79 Å². The summed E-state index contributed by atoms with van der Waals surface area (Å²) in [5, 5.41) is 2.79. The van der Waals surface area contributed by atoms with Crippen LogP contribution in [0.1, 0.15) is 60.7 Å².